The summed E-state index contributed by atoms with van der Waals surface area (Å²) in [7, 11) is 0. The van der Waals surface area contributed by atoms with Gasteiger partial charge in [0, 0.05) is 4.88 Å². The Morgan fingerprint density at radius 1 is 1.64 bits per heavy atom. The predicted octanol–water partition coefficient (Wildman–Crippen LogP) is 2.28. The Hall–Kier alpha value is 0.0700. The van der Waals surface area contributed by atoms with E-state index in [0.717, 1.165) is 15.5 Å². The van der Waals surface area contributed by atoms with E-state index < -0.39 is 0 Å². The summed E-state index contributed by atoms with van der Waals surface area (Å²) in [5.41, 5.74) is 0. The lowest BCUT2D eigenvalue weighted by Crippen LogP contribution is -1.77. The summed E-state index contributed by atoms with van der Waals surface area (Å²) in [4.78, 5) is 5.49. The fraction of sp³-hybridized carbons (Fsp3) is 0.571. The number of thiazole rings is 1. The lowest BCUT2D eigenvalue weighted by Gasteiger charge is -1.86. The standard InChI is InChI=1S/C7H8BrNOS/c8-7-6(4-1-2-4)11-5(3-10)9-7/h4,10H,1-3H2. The minimum Gasteiger partial charge on any atom is -0.389 e. The van der Waals surface area contributed by atoms with Crippen molar-refractivity contribution in [3.8, 4) is 0 Å². The van der Waals surface area contributed by atoms with E-state index in [0.29, 0.717) is 0 Å². The van der Waals surface area contributed by atoms with Crippen LogP contribution in [0.1, 0.15) is 28.6 Å². The van der Waals surface area contributed by atoms with E-state index in [-0.39, 0.29) is 6.61 Å². The normalized spacial score (nSPS) is 17.3. The van der Waals surface area contributed by atoms with E-state index in [9.17, 15) is 0 Å². The number of hydrogen-bond donors (Lipinski definition) is 1. The molecule has 0 aliphatic heterocycles. The van der Waals surface area contributed by atoms with Gasteiger partial charge in [0.05, 0.1) is 6.61 Å². The van der Waals surface area contributed by atoms with Crippen molar-refractivity contribution in [1.29, 1.82) is 0 Å². The number of aromatic nitrogens is 1. The third-order valence-electron chi connectivity index (χ3n) is 1.74. The molecule has 0 unspecified atom stereocenters. The van der Waals surface area contributed by atoms with Crippen molar-refractivity contribution in [3.63, 3.8) is 0 Å². The molecule has 1 aromatic rings. The zero-order valence-corrected chi connectivity index (χ0v) is 8.28. The maximum Gasteiger partial charge on any atom is 0.120 e. The maximum absolute atomic E-state index is 8.80. The molecule has 0 aromatic carbocycles. The highest BCUT2D eigenvalue weighted by molar-refractivity contribution is 9.10. The predicted molar refractivity (Wildman–Crippen MR) is 47.7 cm³/mol. The molecular weight excluding hydrogens is 226 g/mol. The summed E-state index contributed by atoms with van der Waals surface area (Å²) < 4.78 is 0.939. The lowest BCUT2D eigenvalue weighted by atomic mass is 10.4. The summed E-state index contributed by atoms with van der Waals surface area (Å²) in [6, 6.07) is 0. The van der Waals surface area contributed by atoms with Crippen molar-refractivity contribution in [1.82, 2.24) is 4.98 Å². The smallest absolute Gasteiger partial charge is 0.120 e. The van der Waals surface area contributed by atoms with Crippen LogP contribution in [0.4, 0.5) is 0 Å². The van der Waals surface area contributed by atoms with Gasteiger partial charge in [0.2, 0.25) is 0 Å². The van der Waals surface area contributed by atoms with E-state index in [2.05, 4.69) is 20.9 Å². The van der Waals surface area contributed by atoms with E-state index in [1.807, 2.05) is 0 Å². The number of aliphatic hydroxyl groups is 1. The van der Waals surface area contributed by atoms with Gasteiger partial charge in [0.15, 0.2) is 0 Å². The van der Waals surface area contributed by atoms with Crippen LogP contribution >= 0.6 is 27.3 Å². The molecule has 1 aliphatic rings. The van der Waals surface area contributed by atoms with Gasteiger partial charge in [0.25, 0.3) is 0 Å². The number of rotatable bonds is 2. The second-order valence-electron chi connectivity index (χ2n) is 2.70. The molecule has 0 atom stereocenters. The van der Waals surface area contributed by atoms with Gasteiger partial charge in [-0.25, -0.2) is 4.98 Å². The first kappa shape index (κ1) is 7.71. The molecule has 1 fully saturated rings. The third kappa shape index (κ3) is 1.48. The van der Waals surface area contributed by atoms with Crippen LogP contribution in [0, 0.1) is 0 Å². The van der Waals surface area contributed by atoms with Gasteiger partial charge in [-0.1, -0.05) is 0 Å². The van der Waals surface area contributed by atoms with Crippen molar-refractivity contribution in [3.05, 3.63) is 14.5 Å². The molecule has 0 radical (unpaired) electrons. The molecule has 0 saturated heterocycles. The number of aliphatic hydroxyl groups excluding tert-OH is 1. The highest BCUT2D eigenvalue weighted by Gasteiger charge is 2.28. The largest absolute Gasteiger partial charge is 0.389 e. The number of hydrogen-bond acceptors (Lipinski definition) is 3. The third-order valence-corrected chi connectivity index (χ3v) is 3.81. The molecule has 0 bridgehead atoms. The molecule has 1 heterocycles. The first-order chi connectivity index (χ1) is 5.31. The van der Waals surface area contributed by atoms with Crippen molar-refractivity contribution >= 4 is 27.3 Å². The van der Waals surface area contributed by atoms with Crippen LogP contribution in [0.2, 0.25) is 0 Å². The lowest BCUT2D eigenvalue weighted by molar-refractivity contribution is 0.281. The van der Waals surface area contributed by atoms with E-state index in [4.69, 9.17) is 5.11 Å². The number of halogens is 1. The Morgan fingerprint density at radius 2 is 2.36 bits per heavy atom. The van der Waals surface area contributed by atoms with Gasteiger partial charge >= 0.3 is 0 Å². The van der Waals surface area contributed by atoms with Gasteiger partial charge in [-0.3, -0.25) is 0 Å². The summed E-state index contributed by atoms with van der Waals surface area (Å²) in [5, 5.41) is 9.62. The Bertz CT molecular complexity index is 269. The van der Waals surface area contributed by atoms with E-state index in [1.54, 1.807) is 11.3 Å². The molecule has 0 spiro atoms. The zero-order valence-electron chi connectivity index (χ0n) is 5.88. The first-order valence-corrected chi connectivity index (χ1v) is 5.18. The Balaban J connectivity index is 2.30. The Kier molecular flexibility index (Phi) is 1.99. The maximum atomic E-state index is 8.80. The fourth-order valence-electron chi connectivity index (χ4n) is 1.02. The van der Waals surface area contributed by atoms with Gasteiger partial charge < -0.3 is 5.11 Å². The van der Waals surface area contributed by atoms with Crippen LogP contribution in [0.25, 0.3) is 0 Å². The topological polar surface area (TPSA) is 33.1 Å². The minimum atomic E-state index is 0.0655. The molecule has 1 aromatic heterocycles. The molecule has 2 nitrogen and oxygen atoms in total. The molecule has 1 aliphatic carbocycles. The summed E-state index contributed by atoms with van der Waals surface area (Å²) in [6.45, 7) is 0.0655. The van der Waals surface area contributed by atoms with Gasteiger partial charge in [-0.15, -0.1) is 11.3 Å². The van der Waals surface area contributed by atoms with Crippen LogP contribution < -0.4 is 0 Å². The molecule has 2 rings (SSSR count). The fourth-order valence-corrected chi connectivity index (χ4v) is 2.91. The molecule has 11 heavy (non-hydrogen) atoms. The van der Waals surface area contributed by atoms with Crippen LogP contribution in [-0.2, 0) is 6.61 Å². The monoisotopic (exact) mass is 233 g/mol. The minimum absolute atomic E-state index is 0.0655. The molecule has 1 saturated carbocycles. The summed E-state index contributed by atoms with van der Waals surface area (Å²) in [5.74, 6) is 0.724. The van der Waals surface area contributed by atoms with Crippen molar-refractivity contribution in [2.24, 2.45) is 0 Å². The zero-order chi connectivity index (χ0) is 7.84. The average molecular weight is 234 g/mol. The molecule has 0 amide bonds. The molecule has 60 valence electrons. The van der Waals surface area contributed by atoms with Crippen molar-refractivity contribution in [2.75, 3.05) is 0 Å². The summed E-state index contributed by atoms with van der Waals surface area (Å²) in [6.07, 6.45) is 2.57. The SMILES string of the molecule is OCc1nc(Br)c(C2CC2)s1. The van der Waals surface area contributed by atoms with Crippen LogP contribution in [-0.4, -0.2) is 10.1 Å². The summed E-state index contributed by atoms with van der Waals surface area (Å²) >= 11 is 5.01. The van der Waals surface area contributed by atoms with E-state index in [1.165, 1.54) is 17.7 Å². The average Bonchev–Trinajstić information content (AvgIpc) is 2.76. The molecule has 4 heteroatoms. The highest BCUT2D eigenvalue weighted by atomic mass is 79.9. The van der Waals surface area contributed by atoms with Gasteiger partial charge in [-0.05, 0) is 34.7 Å². The van der Waals surface area contributed by atoms with Crippen molar-refractivity contribution in [2.45, 2.75) is 25.4 Å². The van der Waals surface area contributed by atoms with Gasteiger partial charge in [0.1, 0.15) is 9.61 Å². The molecule has 1 N–H and O–H groups in total. The Labute approximate surface area is 77.4 Å². The van der Waals surface area contributed by atoms with Crippen LogP contribution in [0.3, 0.4) is 0 Å². The van der Waals surface area contributed by atoms with E-state index >= 15 is 0 Å². The van der Waals surface area contributed by atoms with Gasteiger partial charge in [-0.2, -0.15) is 0 Å². The second kappa shape index (κ2) is 2.84. The highest BCUT2D eigenvalue weighted by Crippen LogP contribution is 2.45. The quantitative estimate of drug-likeness (QED) is 0.851. The van der Waals surface area contributed by atoms with Crippen molar-refractivity contribution < 1.29 is 5.11 Å². The second-order valence-corrected chi connectivity index (χ2v) is 4.56. The first-order valence-electron chi connectivity index (χ1n) is 3.57. The number of nitrogens with zero attached hydrogens (tertiary/aromatic N) is 1. The van der Waals surface area contributed by atoms with Crippen LogP contribution in [0.5, 0.6) is 0 Å². The Morgan fingerprint density at radius 3 is 2.82 bits per heavy atom. The van der Waals surface area contributed by atoms with Crippen LogP contribution in [0.15, 0.2) is 4.60 Å². The molecular formula is C7H8BrNOS.